The molecule has 0 saturated heterocycles. The average molecular weight is 346 g/mol. The van der Waals surface area contributed by atoms with E-state index in [-0.39, 0.29) is 24.2 Å². The van der Waals surface area contributed by atoms with Gasteiger partial charge in [0.2, 0.25) is 0 Å². The van der Waals surface area contributed by atoms with E-state index in [1.165, 1.54) is 12.8 Å². The maximum absolute atomic E-state index is 10.7. The molecule has 1 aromatic carbocycles. The van der Waals surface area contributed by atoms with Crippen molar-refractivity contribution in [3.8, 4) is 11.5 Å². The van der Waals surface area contributed by atoms with Crippen LogP contribution in [0.15, 0.2) is 23.8 Å². The van der Waals surface area contributed by atoms with Crippen LogP contribution in [0.1, 0.15) is 63.5 Å². The third-order valence-corrected chi connectivity index (χ3v) is 5.76. The van der Waals surface area contributed by atoms with E-state index in [1.54, 1.807) is 0 Å². The fourth-order valence-corrected chi connectivity index (χ4v) is 4.32. The van der Waals surface area contributed by atoms with Crippen LogP contribution in [-0.4, -0.2) is 33.6 Å². The molecule has 0 bridgehead atoms. The van der Waals surface area contributed by atoms with Crippen molar-refractivity contribution in [3.05, 3.63) is 34.9 Å². The first-order valence-corrected chi connectivity index (χ1v) is 9.41. The SMILES string of the molecule is CCCCCc1cc(O)c2c(c1)OC(C)(C)C1CC(O)C(CO)=CC21. The molecule has 2 aliphatic rings. The highest BCUT2D eigenvalue weighted by atomic mass is 16.5. The molecule has 3 unspecified atom stereocenters. The minimum absolute atomic E-state index is 0.0472. The fraction of sp³-hybridized carbons (Fsp3) is 0.619. The quantitative estimate of drug-likeness (QED) is 0.562. The first-order valence-electron chi connectivity index (χ1n) is 9.41. The van der Waals surface area contributed by atoms with E-state index in [1.807, 2.05) is 26.0 Å². The summed E-state index contributed by atoms with van der Waals surface area (Å²) >= 11 is 0. The predicted octanol–water partition coefficient (Wildman–Crippen LogP) is 3.68. The zero-order valence-electron chi connectivity index (χ0n) is 15.5. The van der Waals surface area contributed by atoms with E-state index in [0.29, 0.717) is 12.0 Å². The summed E-state index contributed by atoms with van der Waals surface area (Å²) in [6.45, 7) is 6.10. The van der Waals surface area contributed by atoms with Crippen LogP contribution < -0.4 is 4.74 Å². The third-order valence-electron chi connectivity index (χ3n) is 5.76. The number of rotatable bonds is 5. The number of phenols is 1. The number of allylic oxidation sites excluding steroid dienone is 1. The van der Waals surface area contributed by atoms with Gasteiger partial charge in [-0.1, -0.05) is 25.8 Å². The number of benzene rings is 1. The first-order chi connectivity index (χ1) is 11.9. The van der Waals surface area contributed by atoms with E-state index in [9.17, 15) is 15.3 Å². The van der Waals surface area contributed by atoms with Gasteiger partial charge >= 0.3 is 0 Å². The van der Waals surface area contributed by atoms with Gasteiger partial charge in [0, 0.05) is 17.4 Å². The number of aryl methyl sites for hydroxylation is 1. The summed E-state index contributed by atoms with van der Waals surface area (Å²) in [6.07, 6.45) is 6.19. The lowest BCUT2D eigenvalue weighted by molar-refractivity contribution is -0.0111. The Morgan fingerprint density at radius 1 is 1.24 bits per heavy atom. The van der Waals surface area contributed by atoms with Gasteiger partial charge in [-0.05, 0) is 56.4 Å². The molecule has 138 valence electrons. The lowest BCUT2D eigenvalue weighted by atomic mass is 9.67. The van der Waals surface area contributed by atoms with Gasteiger partial charge in [0.15, 0.2) is 0 Å². The third kappa shape index (κ3) is 3.42. The predicted molar refractivity (Wildman–Crippen MR) is 98.1 cm³/mol. The van der Waals surface area contributed by atoms with Crippen molar-refractivity contribution >= 4 is 0 Å². The van der Waals surface area contributed by atoms with Gasteiger partial charge in [-0.2, -0.15) is 0 Å². The summed E-state index contributed by atoms with van der Waals surface area (Å²) in [4.78, 5) is 0. The van der Waals surface area contributed by atoms with Gasteiger partial charge in [0.25, 0.3) is 0 Å². The lowest BCUT2D eigenvalue weighted by Crippen LogP contribution is -2.47. The molecule has 0 aromatic heterocycles. The first kappa shape index (κ1) is 18.3. The van der Waals surface area contributed by atoms with Gasteiger partial charge in [-0.3, -0.25) is 0 Å². The molecule has 0 fully saturated rings. The lowest BCUT2D eigenvalue weighted by Gasteiger charge is -2.47. The number of fused-ring (bicyclic) bond motifs is 3. The number of hydrogen-bond donors (Lipinski definition) is 3. The number of aliphatic hydroxyl groups is 2. The van der Waals surface area contributed by atoms with Crippen LogP contribution >= 0.6 is 0 Å². The van der Waals surface area contributed by atoms with E-state index in [4.69, 9.17) is 4.74 Å². The Morgan fingerprint density at radius 3 is 2.68 bits per heavy atom. The minimum atomic E-state index is -0.647. The zero-order chi connectivity index (χ0) is 18.2. The number of aromatic hydroxyl groups is 1. The Labute approximate surface area is 150 Å². The standard InChI is InChI=1S/C21H30O4/c1-4-5-6-7-13-8-18(24)20-15-10-14(12-22)17(23)11-16(15)21(2,3)25-19(20)9-13/h8-10,15-17,22-24H,4-7,11-12H2,1-3H3. The molecule has 1 heterocycles. The molecular weight excluding hydrogens is 316 g/mol. The fourth-order valence-electron chi connectivity index (χ4n) is 4.32. The minimum Gasteiger partial charge on any atom is -0.507 e. The maximum atomic E-state index is 10.7. The van der Waals surface area contributed by atoms with Crippen LogP contribution in [0.3, 0.4) is 0 Å². The van der Waals surface area contributed by atoms with Crippen LogP contribution in [-0.2, 0) is 6.42 Å². The van der Waals surface area contributed by atoms with E-state index in [2.05, 4.69) is 13.0 Å². The molecule has 0 spiro atoms. The number of aliphatic hydroxyl groups excluding tert-OH is 2. The second-order valence-corrected chi connectivity index (χ2v) is 7.97. The number of ether oxygens (including phenoxy) is 1. The second-order valence-electron chi connectivity index (χ2n) is 7.97. The van der Waals surface area contributed by atoms with Crippen molar-refractivity contribution < 1.29 is 20.1 Å². The molecule has 1 aromatic rings. The van der Waals surface area contributed by atoms with Crippen LogP contribution in [0, 0.1) is 5.92 Å². The number of unbranched alkanes of at least 4 members (excludes halogenated alkanes) is 2. The van der Waals surface area contributed by atoms with E-state index >= 15 is 0 Å². The Morgan fingerprint density at radius 2 is 2.00 bits per heavy atom. The molecule has 3 atom stereocenters. The van der Waals surface area contributed by atoms with Crippen molar-refractivity contribution in [2.75, 3.05) is 6.61 Å². The Kier molecular flexibility index (Phi) is 5.12. The average Bonchev–Trinajstić information content (AvgIpc) is 2.54. The van der Waals surface area contributed by atoms with Crippen molar-refractivity contribution in [1.82, 2.24) is 0 Å². The summed E-state index contributed by atoms with van der Waals surface area (Å²) in [5, 5.41) is 30.5. The van der Waals surface area contributed by atoms with E-state index < -0.39 is 11.7 Å². The summed E-state index contributed by atoms with van der Waals surface area (Å²) in [5.41, 5.74) is 2.09. The van der Waals surface area contributed by atoms with Crippen molar-refractivity contribution in [1.29, 1.82) is 0 Å². The van der Waals surface area contributed by atoms with Crippen LogP contribution in [0.25, 0.3) is 0 Å². The molecule has 3 rings (SSSR count). The monoisotopic (exact) mass is 346 g/mol. The van der Waals surface area contributed by atoms with Crippen molar-refractivity contribution in [3.63, 3.8) is 0 Å². The van der Waals surface area contributed by atoms with Gasteiger partial charge in [0.05, 0.1) is 12.7 Å². The molecule has 25 heavy (non-hydrogen) atoms. The molecular formula is C21H30O4. The maximum Gasteiger partial charge on any atom is 0.127 e. The van der Waals surface area contributed by atoms with E-state index in [0.717, 1.165) is 29.7 Å². The van der Waals surface area contributed by atoms with Crippen LogP contribution in [0.2, 0.25) is 0 Å². The topological polar surface area (TPSA) is 69.9 Å². The Bertz CT molecular complexity index is 662. The second kappa shape index (κ2) is 7.00. The molecule has 4 nitrogen and oxygen atoms in total. The highest BCUT2D eigenvalue weighted by Gasteiger charge is 2.47. The Hall–Kier alpha value is -1.52. The number of phenolic OH excluding ortho intramolecular Hbond substituents is 1. The van der Waals surface area contributed by atoms with Crippen LogP contribution in [0.5, 0.6) is 11.5 Å². The van der Waals surface area contributed by atoms with Gasteiger partial charge in [-0.25, -0.2) is 0 Å². The van der Waals surface area contributed by atoms with Gasteiger partial charge in [-0.15, -0.1) is 0 Å². The zero-order valence-corrected chi connectivity index (χ0v) is 15.5. The summed E-state index contributed by atoms with van der Waals surface area (Å²) in [6, 6.07) is 3.91. The largest absolute Gasteiger partial charge is 0.507 e. The highest BCUT2D eigenvalue weighted by molar-refractivity contribution is 5.54. The molecule has 1 aliphatic carbocycles. The highest BCUT2D eigenvalue weighted by Crippen LogP contribution is 2.53. The van der Waals surface area contributed by atoms with Crippen LogP contribution in [0.4, 0.5) is 0 Å². The Balaban J connectivity index is 2.01. The number of hydrogen-bond acceptors (Lipinski definition) is 4. The van der Waals surface area contributed by atoms with Crippen molar-refractivity contribution in [2.45, 2.75) is 70.5 Å². The summed E-state index contributed by atoms with van der Waals surface area (Å²) in [7, 11) is 0. The van der Waals surface area contributed by atoms with Gasteiger partial charge < -0.3 is 20.1 Å². The molecule has 4 heteroatoms. The summed E-state index contributed by atoms with van der Waals surface area (Å²) < 4.78 is 6.27. The molecule has 0 amide bonds. The molecule has 1 aliphatic heterocycles. The smallest absolute Gasteiger partial charge is 0.127 e. The normalized spacial score (nSPS) is 27.1. The molecule has 0 saturated carbocycles. The molecule has 3 N–H and O–H groups in total. The van der Waals surface area contributed by atoms with Crippen molar-refractivity contribution in [2.24, 2.45) is 5.92 Å². The molecule has 0 radical (unpaired) electrons. The summed E-state index contributed by atoms with van der Waals surface area (Å²) in [5.74, 6) is 1.01. The van der Waals surface area contributed by atoms with Gasteiger partial charge in [0.1, 0.15) is 17.1 Å².